The fourth-order valence-electron chi connectivity index (χ4n) is 0.825. The van der Waals surface area contributed by atoms with E-state index in [4.69, 9.17) is 0 Å². The minimum atomic E-state index is 0.815. The second kappa shape index (κ2) is 4.29. The third kappa shape index (κ3) is 3.32. The molecule has 0 amide bonds. The second-order valence-electron chi connectivity index (χ2n) is 2.90. The van der Waals surface area contributed by atoms with Crippen molar-refractivity contribution in [2.24, 2.45) is 0 Å². The zero-order chi connectivity index (χ0) is 8.10. The summed E-state index contributed by atoms with van der Waals surface area (Å²) in [6.07, 6.45) is 3.78. The fraction of sp³-hybridized carbons (Fsp3) is 0.444. The molecule has 1 aromatic rings. The van der Waals surface area contributed by atoms with Gasteiger partial charge in [0.1, 0.15) is 0 Å². The topological polar surface area (TPSA) is 12.9 Å². The van der Waals surface area contributed by atoms with E-state index in [-0.39, 0.29) is 0 Å². The molecule has 0 unspecified atom stereocenters. The number of hydrogen-bond donors (Lipinski definition) is 0. The molecule has 0 aliphatic rings. The molecule has 1 rings (SSSR count). The van der Waals surface area contributed by atoms with Crippen LogP contribution in [0.4, 0.5) is 0 Å². The highest BCUT2D eigenvalue weighted by Gasteiger charge is 1.96. The van der Waals surface area contributed by atoms with Crippen LogP contribution in [0.15, 0.2) is 24.5 Å². The molecule has 0 bridgehead atoms. The smallest absolute Gasteiger partial charge is 0.0458 e. The first-order valence-electron chi connectivity index (χ1n) is 3.91. The summed E-state index contributed by atoms with van der Waals surface area (Å²) in [5, 5.41) is 0. The Morgan fingerprint density at radius 3 is 2.91 bits per heavy atom. The first-order chi connectivity index (χ1) is 5.29. The van der Waals surface area contributed by atoms with Gasteiger partial charge in [-0.25, -0.2) is 0 Å². The highest BCUT2D eigenvalue weighted by molar-refractivity contribution is 6.36. The van der Waals surface area contributed by atoms with Crippen LogP contribution in [-0.4, -0.2) is 14.5 Å². The van der Waals surface area contributed by atoms with E-state index in [1.165, 1.54) is 11.6 Å². The van der Waals surface area contributed by atoms with Gasteiger partial charge in [-0.05, 0) is 17.7 Å². The van der Waals surface area contributed by atoms with Crippen molar-refractivity contribution in [2.75, 3.05) is 0 Å². The fourth-order valence-corrected chi connectivity index (χ4v) is 1.68. The van der Waals surface area contributed by atoms with Crippen molar-refractivity contribution in [1.82, 2.24) is 4.98 Å². The Morgan fingerprint density at radius 1 is 1.55 bits per heavy atom. The van der Waals surface area contributed by atoms with Crippen molar-refractivity contribution >= 4 is 9.52 Å². The summed E-state index contributed by atoms with van der Waals surface area (Å²) in [6, 6.07) is 5.33. The maximum Gasteiger partial charge on any atom is 0.0458 e. The van der Waals surface area contributed by atoms with Crippen molar-refractivity contribution in [3.63, 3.8) is 0 Å². The zero-order valence-corrected chi connectivity index (χ0v) is 8.04. The van der Waals surface area contributed by atoms with Crippen LogP contribution in [0.3, 0.4) is 0 Å². The molecule has 0 aromatic carbocycles. The summed E-state index contributed by atoms with van der Waals surface area (Å²) in [6.45, 7) is 4.52. The Balaban J connectivity index is 2.39. The van der Waals surface area contributed by atoms with Crippen LogP contribution in [-0.2, 0) is 6.04 Å². The average molecular weight is 163 g/mol. The van der Waals surface area contributed by atoms with Crippen LogP contribution in [0, 0.1) is 0 Å². The van der Waals surface area contributed by atoms with Gasteiger partial charge in [0.25, 0.3) is 0 Å². The van der Waals surface area contributed by atoms with Gasteiger partial charge < -0.3 is 0 Å². The molecule has 2 heteroatoms. The third-order valence-electron chi connectivity index (χ3n) is 1.44. The van der Waals surface area contributed by atoms with Gasteiger partial charge in [-0.1, -0.05) is 25.5 Å². The van der Waals surface area contributed by atoms with Crippen LogP contribution in [0.1, 0.15) is 19.4 Å². The molecule has 1 aromatic heterocycles. The minimum Gasteiger partial charge on any atom is -0.264 e. The zero-order valence-electron chi connectivity index (χ0n) is 7.04. The summed E-state index contributed by atoms with van der Waals surface area (Å²) in [4.78, 5) is 4.07. The van der Waals surface area contributed by atoms with Gasteiger partial charge in [0.15, 0.2) is 0 Å². The third-order valence-corrected chi connectivity index (χ3v) is 2.87. The molecule has 1 heterocycles. The molecule has 0 saturated heterocycles. The lowest BCUT2D eigenvalue weighted by atomic mass is 10.3. The molecule has 0 saturated carbocycles. The molecule has 2 radical (unpaired) electrons. The van der Waals surface area contributed by atoms with E-state index in [1.807, 2.05) is 18.5 Å². The van der Waals surface area contributed by atoms with Crippen molar-refractivity contribution in [3.05, 3.63) is 30.1 Å². The Bertz CT molecular complexity index is 196. The maximum atomic E-state index is 4.07. The number of rotatable bonds is 3. The summed E-state index contributed by atoms with van der Waals surface area (Å²) >= 11 is 0. The SMILES string of the molecule is CC(C)[Si]Cc1cccnc1. The second-order valence-corrected chi connectivity index (χ2v) is 4.81. The molecule has 0 spiro atoms. The number of nitrogens with zero attached hydrogens (tertiary/aromatic N) is 1. The largest absolute Gasteiger partial charge is 0.264 e. The average Bonchev–Trinajstić information content (AvgIpc) is 2.03. The molecular weight excluding hydrogens is 150 g/mol. The molecule has 1 nitrogen and oxygen atoms in total. The Morgan fingerprint density at radius 2 is 2.36 bits per heavy atom. The monoisotopic (exact) mass is 163 g/mol. The molecule has 58 valence electrons. The van der Waals surface area contributed by atoms with Crippen LogP contribution >= 0.6 is 0 Å². The molecule has 0 fully saturated rings. The minimum absolute atomic E-state index is 0.815. The van der Waals surface area contributed by atoms with Gasteiger partial charge in [-0.3, -0.25) is 4.98 Å². The van der Waals surface area contributed by atoms with Crippen LogP contribution in [0.2, 0.25) is 5.54 Å². The summed E-state index contributed by atoms with van der Waals surface area (Å²) in [5.74, 6) is 0. The van der Waals surface area contributed by atoms with Crippen molar-refractivity contribution in [1.29, 1.82) is 0 Å². The van der Waals surface area contributed by atoms with Crippen LogP contribution in [0.5, 0.6) is 0 Å². The van der Waals surface area contributed by atoms with E-state index in [9.17, 15) is 0 Å². The van der Waals surface area contributed by atoms with E-state index < -0.39 is 0 Å². The van der Waals surface area contributed by atoms with Gasteiger partial charge in [-0.2, -0.15) is 0 Å². The quantitative estimate of drug-likeness (QED) is 0.622. The summed E-state index contributed by atoms with van der Waals surface area (Å²) in [7, 11) is 1.03. The van der Waals surface area contributed by atoms with E-state index in [2.05, 4.69) is 24.9 Å². The summed E-state index contributed by atoms with van der Waals surface area (Å²) in [5.41, 5.74) is 2.18. The lowest BCUT2D eigenvalue weighted by molar-refractivity contribution is 1.04. The van der Waals surface area contributed by atoms with E-state index in [0.29, 0.717) is 0 Å². The van der Waals surface area contributed by atoms with Gasteiger partial charge in [0.05, 0.1) is 0 Å². The summed E-state index contributed by atoms with van der Waals surface area (Å²) < 4.78 is 0. The van der Waals surface area contributed by atoms with E-state index >= 15 is 0 Å². The lowest BCUT2D eigenvalue weighted by Gasteiger charge is -2.01. The number of hydrogen-bond acceptors (Lipinski definition) is 1. The lowest BCUT2D eigenvalue weighted by Crippen LogP contribution is -2.00. The molecular formula is C9H13NSi. The highest BCUT2D eigenvalue weighted by Crippen LogP contribution is 2.02. The van der Waals surface area contributed by atoms with Gasteiger partial charge in [0, 0.05) is 21.9 Å². The normalized spacial score (nSPS) is 10.5. The first-order valence-corrected chi connectivity index (χ1v) is 5.20. The predicted octanol–water partition coefficient (Wildman–Crippen LogP) is 2.11. The van der Waals surface area contributed by atoms with Gasteiger partial charge >= 0.3 is 0 Å². The van der Waals surface area contributed by atoms with Crippen molar-refractivity contribution in [2.45, 2.75) is 25.4 Å². The maximum absolute atomic E-state index is 4.07. The Kier molecular flexibility index (Phi) is 3.30. The van der Waals surface area contributed by atoms with E-state index in [0.717, 1.165) is 15.1 Å². The molecule has 0 aliphatic carbocycles. The number of pyridine rings is 1. The molecule has 0 aliphatic heterocycles. The van der Waals surface area contributed by atoms with Crippen molar-refractivity contribution in [3.8, 4) is 0 Å². The highest BCUT2D eigenvalue weighted by atomic mass is 28.2. The predicted molar refractivity (Wildman–Crippen MR) is 48.8 cm³/mol. The molecule has 0 N–H and O–H groups in total. The van der Waals surface area contributed by atoms with Gasteiger partial charge in [0.2, 0.25) is 0 Å². The van der Waals surface area contributed by atoms with Crippen LogP contribution in [0.25, 0.3) is 0 Å². The van der Waals surface area contributed by atoms with Gasteiger partial charge in [-0.15, -0.1) is 0 Å². The molecule has 11 heavy (non-hydrogen) atoms. The Labute approximate surface area is 70.7 Å². The van der Waals surface area contributed by atoms with Crippen molar-refractivity contribution < 1.29 is 0 Å². The first kappa shape index (κ1) is 8.46. The standard InChI is InChI=1S/C9H13NSi/c1-8(2)11-7-9-4-3-5-10-6-9/h3-6,8H,7H2,1-2H3. The Hall–Kier alpha value is -0.633. The van der Waals surface area contributed by atoms with Crippen LogP contribution < -0.4 is 0 Å². The number of aromatic nitrogens is 1. The molecule has 0 atom stereocenters. The van der Waals surface area contributed by atoms with E-state index in [1.54, 1.807) is 0 Å².